The lowest BCUT2D eigenvalue weighted by molar-refractivity contribution is -0.142. The zero-order valence-corrected chi connectivity index (χ0v) is 11.9. The average Bonchev–Trinajstić information content (AvgIpc) is 2.35. The number of ether oxygens (including phenoxy) is 2. The standard InChI is InChI=1S/C13H25NO4/c1-11(2)5-6-12(15)14(9-10-17-3)8-7-13(16)18-4/h11H,5-10H2,1-4H3. The third-order valence-electron chi connectivity index (χ3n) is 2.67. The molecule has 0 aliphatic carbocycles. The first-order chi connectivity index (χ1) is 8.51. The molecule has 0 N–H and O–H groups in total. The highest BCUT2D eigenvalue weighted by Gasteiger charge is 2.15. The minimum Gasteiger partial charge on any atom is -0.469 e. The maximum Gasteiger partial charge on any atom is 0.307 e. The zero-order chi connectivity index (χ0) is 14.0. The number of rotatable bonds is 9. The molecule has 18 heavy (non-hydrogen) atoms. The van der Waals surface area contributed by atoms with Gasteiger partial charge in [0.15, 0.2) is 0 Å². The van der Waals surface area contributed by atoms with E-state index in [-0.39, 0.29) is 18.3 Å². The molecule has 106 valence electrons. The maximum atomic E-state index is 12.0. The monoisotopic (exact) mass is 259 g/mol. The molecule has 0 aromatic heterocycles. The second-order valence-electron chi connectivity index (χ2n) is 4.63. The van der Waals surface area contributed by atoms with Gasteiger partial charge in [0.05, 0.1) is 20.1 Å². The van der Waals surface area contributed by atoms with E-state index < -0.39 is 0 Å². The number of methoxy groups -OCH3 is 2. The smallest absolute Gasteiger partial charge is 0.307 e. The van der Waals surface area contributed by atoms with Gasteiger partial charge in [-0.2, -0.15) is 0 Å². The summed E-state index contributed by atoms with van der Waals surface area (Å²) in [5.74, 6) is 0.276. The van der Waals surface area contributed by atoms with Crippen molar-refractivity contribution in [3.05, 3.63) is 0 Å². The molecule has 0 aromatic carbocycles. The van der Waals surface area contributed by atoms with E-state index in [1.807, 2.05) is 0 Å². The Bertz CT molecular complexity index is 253. The lowest BCUT2D eigenvalue weighted by atomic mass is 10.1. The molecule has 0 atom stereocenters. The van der Waals surface area contributed by atoms with Gasteiger partial charge in [-0.1, -0.05) is 13.8 Å². The quantitative estimate of drug-likeness (QED) is 0.588. The van der Waals surface area contributed by atoms with Crippen LogP contribution in [-0.2, 0) is 19.1 Å². The second kappa shape index (κ2) is 9.88. The molecular formula is C13H25NO4. The van der Waals surface area contributed by atoms with Crippen molar-refractivity contribution in [2.75, 3.05) is 33.9 Å². The van der Waals surface area contributed by atoms with Crippen molar-refractivity contribution >= 4 is 11.9 Å². The van der Waals surface area contributed by atoms with Crippen LogP contribution in [0.2, 0.25) is 0 Å². The predicted octanol–water partition coefficient (Wildman–Crippen LogP) is 1.46. The Morgan fingerprint density at radius 3 is 2.28 bits per heavy atom. The Kier molecular flexibility index (Phi) is 9.28. The summed E-state index contributed by atoms with van der Waals surface area (Å²) in [4.78, 5) is 24.7. The van der Waals surface area contributed by atoms with Gasteiger partial charge in [0.1, 0.15) is 0 Å². The first-order valence-corrected chi connectivity index (χ1v) is 6.34. The number of hydrogen-bond acceptors (Lipinski definition) is 4. The minimum atomic E-state index is -0.297. The van der Waals surface area contributed by atoms with Crippen LogP contribution in [-0.4, -0.2) is 50.7 Å². The normalized spacial score (nSPS) is 10.5. The van der Waals surface area contributed by atoms with Crippen LogP contribution < -0.4 is 0 Å². The van der Waals surface area contributed by atoms with Crippen LogP contribution >= 0.6 is 0 Å². The van der Waals surface area contributed by atoms with Crippen molar-refractivity contribution in [2.45, 2.75) is 33.1 Å². The molecule has 0 aromatic rings. The summed E-state index contributed by atoms with van der Waals surface area (Å²) in [6.45, 7) is 5.56. The second-order valence-corrected chi connectivity index (χ2v) is 4.63. The fourth-order valence-corrected chi connectivity index (χ4v) is 1.46. The lowest BCUT2D eigenvalue weighted by Crippen LogP contribution is -2.35. The molecule has 0 unspecified atom stereocenters. The molecule has 0 heterocycles. The van der Waals surface area contributed by atoms with Crippen molar-refractivity contribution < 1.29 is 19.1 Å². The molecule has 0 saturated carbocycles. The van der Waals surface area contributed by atoms with Crippen molar-refractivity contribution in [1.82, 2.24) is 4.90 Å². The van der Waals surface area contributed by atoms with Gasteiger partial charge < -0.3 is 14.4 Å². The van der Waals surface area contributed by atoms with Crippen molar-refractivity contribution in [3.8, 4) is 0 Å². The van der Waals surface area contributed by atoms with Crippen LogP contribution in [0.1, 0.15) is 33.1 Å². The Morgan fingerprint density at radius 1 is 1.11 bits per heavy atom. The fraction of sp³-hybridized carbons (Fsp3) is 0.846. The molecule has 0 aliphatic heterocycles. The summed E-state index contributed by atoms with van der Waals surface area (Å²) < 4.78 is 9.55. The van der Waals surface area contributed by atoms with Gasteiger partial charge >= 0.3 is 5.97 Å². The Morgan fingerprint density at radius 2 is 1.78 bits per heavy atom. The van der Waals surface area contributed by atoms with Gasteiger partial charge in [-0.15, -0.1) is 0 Å². The number of esters is 1. The SMILES string of the molecule is COCCN(CCC(=O)OC)C(=O)CCC(C)C. The van der Waals surface area contributed by atoms with E-state index in [4.69, 9.17) is 4.74 Å². The number of carbonyl (C=O) groups is 2. The summed E-state index contributed by atoms with van der Waals surface area (Å²) in [5, 5.41) is 0. The van der Waals surface area contributed by atoms with E-state index in [2.05, 4.69) is 18.6 Å². The Hall–Kier alpha value is -1.10. The third kappa shape index (κ3) is 8.06. The summed E-state index contributed by atoms with van der Waals surface area (Å²) in [6.07, 6.45) is 1.61. The Labute approximate surface area is 109 Å². The van der Waals surface area contributed by atoms with Crippen LogP contribution in [0.3, 0.4) is 0 Å². The predicted molar refractivity (Wildman–Crippen MR) is 69.2 cm³/mol. The molecule has 0 rings (SSSR count). The highest BCUT2D eigenvalue weighted by molar-refractivity contribution is 5.77. The van der Waals surface area contributed by atoms with E-state index in [9.17, 15) is 9.59 Å². The van der Waals surface area contributed by atoms with Crippen LogP contribution in [0.15, 0.2) is 0 Å². The molecule has 5 nitrogen and oxygen atoms in total. The lowest BCUT2D eigenvalue weighted by Gasteiger charge is -2.22. The number of nitrogens with zero attached hydrogens (tertiary/aromatic N) is 1. The largest absolute Gasteiger partial charge is 0.469 e. The van der Waals surface area contributed by atoms with Gasteiger partial charge in [0.25, 0.3) is 0 Å². The van der Waals surface area contributed by atoms with Gasteiger partial charge in [0.2, 0.25) is 5.91 Å². The van der Waals surface area contributed by atoms with E-state index in [1.54, 1.807) is 12.0 Å². The molecule has 0 fully saturated rings. The Balaban J connectivity index is 4.18. The van der Waals surface area contributed by atoms with Crippen molar-refractivity contribution in [2.24, 2.45) is 5.92 Å². The first kappa shape index (κ1) is 16.9. The average molecular weight is 259 g/mol. The van der Waals surface area contributed by atoms with Gasteiger partial charge in [-0.25, -0.2) is 0 Å². The van der Waals surface area contributed by atoms with Crippen LogP contribution in [0.25, 0.3) is 0 Å². The highest BCUT2D eigenvalue weighted by Crippen LogP contribution is 2.07. The van der Waals surface area contributed by atoms with E-state index in [0.717, 1.165) is 6.42 Å². The molecule has 1 amide bonds. The third-order valence-corrected chi connectivity index (χ3v) is 2.67. The number of amides is 1. The minimum absolute atomic E-state index is 0.0738. The van der Waals surface area contributed by atoms with Gasteiger partial charge in [0, 0.05) is 26.6 Å². The number of hydrogen-bond donors (Lipinski definition) is 0. The van der Waals surface area contributed by atoms with E-state index >= 15 is 0 Å². The fourth-order valence-electron chi connectivity index (χ4n) is 1.46. The zero-order valence-electron chi connectivity index (χ0n) is 11.9. The van der Waals surface area contributed by atoms with Gasteiger partial charge in [-0.05, 0) is 12.3 Å². The van der Waals surface area contributed by atoms with E-state index in [1.165, 1.54) is 7.11 Å². The van der Waals surface area contributed by atoms with Crippen LogP contribution in [0, 0.1) is 5.92 Å². The molecule has 0 aliphatic rings. The summed E-state index contributed by atoms with van der Waals surface area (Å²) in [6, 6.07) is 0. The molecular weight excluding hydrogens is 234 g/mol. The first-order valence-electron chi connectivity index (χ1n) is 6.34. The van der Waals surface area contributed by atoms with Crippen molar-refractivity contribution in [3.63, 3.8) is 0 Å². The molecule has 0 radical (unpaired) electrons. The topological polar surface area (TPSA) is 55.8 Å². The summed E-state index contributed by atoms with van der Waals surface area (Å²) in [5.41, 5.74) is 0. The van der Waals surface area contributed by atoms with Crippen molar-refractivity contribution in [1.29, 1.82) is 0 Å². The van der Waals surface area contributed by atoms with Gasteiger partial charge in [-0.3, -0.25) is 9.59 Å². The van der Waals surface area contributed by atoms with E-state index in [0.29, 0.717) is 32.0 Å². The maximum absolute atomic E-state index is 12.0. The molecule has 5 heteroatoms. The number of carbonyl (C=O) groups excluding carboxylic acids is 2. The van der Waals surface area contributed by atoms with Crippen LogP contribution in [0.4, 0.5) is 0 Å². The molecule has 0 bridgehead atoms. The van der Waals surface area contributed by atoms with Crippen LogP contribution in [0.5, 0.6) is 0 Å². The molecule has 0 saturated heterocycles. The summed E-state index contributed by atoms with van der Waals surface area (Å²) in [7, 11) is 2.94. The summed E-state index contributed by atoms with van der Waals surface area (Å²) >= 11 is 0. The highest BCUT2D eigenvalue weighted by atomic mass is 16.5. The molecule has 0 spiro atoms.